The standard InChI is InChI=1S/C13H14BN3S/c1-8(2)9-3-5-10(6-4-9)11-7-17-13(15-11)18-12(14)16-17/h3-8H,14H2,1-2H3. The highest BCUT2D eigenvalue weighted by molar-refractivity contribution is 7.23. The molecule has 18 heavy (non-hydrogen) atoms. The van der Waals surface area contributed by atoms with E-state index in [1.54, 1.807) is 11.3 Å². The van der Waals surface area contributed by atoms with Crippen LogP contribution in [0.15, 0.2) is 30.5 Å². The molecule has 2 aromatic heterocycles. The second-order valence-electron chi connectivity index (χ2n) is 4.75. The van der Waals surface area contributed by atoms with E-state index in [2.05, 4.69) is 48.2 Å². The van der Waals surface area contributed by atoms with Crippen LogP contribution in [0, 0.1) is 0 Å². The lowest BCUT2D eigenvalue weighted by Gasteiger charge is -2.05. The molecule has 0 bridgehead atoms. The van der Waals surface area contributed by atoms with Crippen LogP contribution < -0.4 is 4.91 Å². The van der Waals surface area contributed by atoms with E-state index in [0.717, 1.165) is 21.1 Å². The van der Waals surface area contributed by atoms with Crippen LogP contribution in [0.3, 0.4) is 0 Å². The van der Waals surface area contributed by atoms with Gasteiger partial charge in [0, 0.05) is 5.56 Å². The Morgan fingerprint density at radius 2 is 1.94 bits per heavy atom. The van der Waals surface area contributed by atoms with E-state index in [4.69, 9.17) is 0 Å². The monoisotopic (exact) mass is 255 g/mol. The largest absolute Gasteiger partial charge is 0.217 e. The zero-order valence-electron chi connectivity index (χ0n) is 10.7. The van der Waals surface area contributed by atoms with Gasteiger partial charge in [-0.15, -0.1) is 0 Å². The number of fused-ring (bicyclic) bond motifs is 1. The molecule has 0 aliphatic carbocycles. The van der Waals surface area contributed by atoms with Crippen molar-refractivity contribution < 1.29 is 0 Å². The maximum Gasteiger partial charge on any atom is 0.211 e. The minimum Gasteiger partial charge on any atom is -0.217 e. The lowest BCUT2D eigenvalue weighted by molar-refractivity contribution is 0.867. The van der Waals surface area contributed by atoms with Gasteiger partial charge < -0.3 is 0 Å². The molecule has 0 saturated carbocycles. The molecule has 1 aromatic carbocycles. The van der Waals surface area contributed by atoms with Crippen LogP contribution in [0.4, 0.5) is 0 Å². The fourth-order valence-corrected chi connectivity index (χ4v) is 2.70. The Balaban J connectivity index is 2.00. The van der Waals surface area contributed by atoms with Crippen LogP contribution in [0.2, 0.25) is 0 Å². The zero-order chi connectivity index (χ0) is 12.7. The molecule has 0 radical (unpaired) electrons. The van der Waals surface area contributed by atoms with E-state index < -0.39 is 0 Å². The highest BCUT2D eigenvalue weighted by Gasteiger charge is 2.08. The molecular formula is C13H14BN3S. The SMILES string of the molecule is Bc1nn2cc(-c3ccc(C(C)C)cc3)nc2s1. The maximum absolute atomic E-state index is 4.60. The molecule has 0 aliphatic rings. The van der Waals surface area contributed by atoms with Crippen LogP contribution in [-0.2, 0) is 0 Å². The van der Waals surface area contributed by atoms with E-state index >= 15 is 0 Å². The highest BCUT2D eigenvalue weighted by atomic mass is 32.1. The number of benzene rings is 1. The molecule has 0 unspecified atom stereocenters. The Kier molecular flexibility index (Phi) is 2.71. The van der Waals surface area contributed by atoms with Crippen molar-refractivity contribution in [1.29, 1.82) is 0 Å². The van der Waals surface area contributed by atoms with Crippen molar-refractivity contribution in [3.8, 4) is 11.3 Å². The second-order valence-corrected chi connectivity index (χ2v) is 5.91. The predicted molar refractivity (Wildman–Crippen MR) is 78.6 cm³/mol. The smallest absolute Gasteiger partial charge is 0.211 e. The summed E-state index contributed by atoms with van der Waals surface area (Å²) in [6, 6.07) is 8.61. The second kappa shape index (κ2) is 4.25. The zero-order valence-corrected chi connectivity index (χ0v) is 11.5. The molecule has 0 aliphatic heterocycles. The molecular weight excluding hydrogens is 241 g/mol. The van der Waals surface area contributed by atoms with Crippen molar-refractivity contribution >= 4 is 29.1 Å². The van der Waals surface area contributed by atoms with Crippen LogP contribution >= 0.6 is 11.3 Å². The van der Waals surface area contributed by atoms with Crippen molar-refractivity contribution in [2.24, 2.45) is 0 Å². The first kappa shape index (κ1) is 11.5. The van der Waals surface area contributed by atoms with Gasteiger partial charge in [0.1, 0.15) is 0 Å². The average Bonchev–Trinajstić information content (AvgIpc) is 2.86. The topological polar surface area (TPSA) is 30.2 Å². The van der Waals surface area contributed by atoms with Crippen molar-refractivity contribution in [2.45, 2.75) is 19.8 Å². The van der Waals surface area contributed by atoms with Gasteiger partial charge in [-0.1, -0.05) is 49.4 Å². The Labute approximate surface area is 111 Å². The minimum atomic E-state index is 0.564. The third kappa shape index (κ3) is 1.95. The van der Waals surface area contributed by atoms with E-state index in [9.17, 15) is 0 Å². The van der Waals surface area contributed by atoms with Crippen LogP contribution in [0.1, 0.15) is 25.3 Å². The van der Waals surface area contributed by atoms with E-state index in [1.165, 1.54) is 5.56 Å². The molecule has 0 atom stereocenters. The normalized spacial score (nSPS) is 11.5. The molecule has 5 heteroatoms. The molecule has 0 spiro atoms. The summed E-state index contributed by atoms with van der Waals surface area (Å²) in [6.07, 6.45) is 1.99. The van der Waals surface area contributed by atoms with Gasteiger partial charge in [0.05, 0.1) is 16.8 Å². The number of rotatable bonds is 2. The number of hydrogen-bond acceptors (Lipinski definition) is 3. The highest BCUT2D eigenvalue weighted by Crippen LogP contribution is 2.22. The summed E-state index contributed by atoms with van der Waals surface area (Å²) in [4.78, 5) is 6.59. The average molecular weight is 255 g/mol. The van der Waals surface area contributed by atoms with Crippen LogP contribution in [0.5, 0.6) is 0 Å². The molecule has 90 valence electrons. The fourth-order valence-electron chi connectivity index (χ4n) is 1.98. The maximum atomic E-state index is 4.60. The summed E-state index contributed by atoms with van der Waals surface area (Å²) in [6.45, 7) is 4.41. The number of nitrogens with zero attached hydrogens (tertiary/aromatic N) is 3. The lowest BCUT2D eigenvalue weighted by Crippen LogP contribution is -2.00. The Morgan fingerprint density at radius 1 is 1.22 bits per heavy atom. The number of imidazole rings is 1. The van der Waals surface area contributed by atoms with Gasteiger partial charge >= 0.3 is 0 Å². The summed E-state index contributed by atoms with van der Waals surface area (Å²) in [5, 5.41) is 4.38. The molecule has 0 N–H and O–H groups in total. The van der Waals surface area contributed by atoms with Crippen molar-refractivity contribution in [3.05, 3.63) is 36.0 Å². The summed E-state index contributed by atoms with van der Waals surface area (Å²) >= 11 is 1.62. The first-order valence-corrected chi connectivity index (χ1v) is 6.88. The number of hydrogen-bond donors (Lipinski definition) is 0. The van der Waals surface area contributed by atoms with E-state index in [0.29, 0.717) is 5.92 Å². The molecule has 3 nitrogen and oxygen atoms in total. The summed E-state index contributed by atoms with van der Waals surface area (Å²) in [7, 11) is 2.00. The summed E-state index contributed by atoms with van der Waals surface area (Å²) < 4.78 is 1.85. The first-order chi connectivity index (χ1) is 8.63. The van der Waals surface area contributed by atoms with E-state index in [1.807, 2.05) is 18.6 Å². The van der Waals surface area contributed by atoms with Crippen molar-refractivity contribution in [3.63, 3.8) is 0 Å². The van der Waals surface area contributed by atoms with Gasteiger partial charge in [-0.25, -0.2) is 9.50 Å². The van der Waals surface area contributed by atoms with Gasteiger partial charge in [-0.05, 0) is 11.5 Å². The Bertz CT molecular complexity index is 650. The third-order valence-electron chi connectivity index (χ3n) is 3.02. The molecule has 0 saturated heterocycles. The van der Waals surface area contributed by atoms with Crippen LogP contribution in [0.25, 0.3) is 16.2 Å². The van der Waals surface area contributed by atoms with Crippen molar-refractivity contribution in [1.82, 2.24) is 14.6 Å². The minimum absolute atomic E-state index is 0.564. The van der Waals surface area contributed by atoms with Gasteiger partial charge in [0.15, 0.2) is 7.85 Å². The first-order valence-electron chi connectivity index (χ1n) is 6.06. The molecule has 3 aromatic rings. The van der Waals surface area contributed by atoms with Gasteiger partial charge in [0.25, 0.3) is 0 Å². The number of aromatic nitrogens is 3. The van der Waals surface area contributed by atoms with Crippen molar-refractivity contribution in [2.75, 3.05) is 0 Å². The molecule has 0 fully saturated rings. The molecule has 0 amide bonds. The quantitative estimate of drug-likeness (QED) is 0.654. The molecule has 3 rings (SSSR count). The Morgan fingerprint density at radius 3 is 2.56 bits per heavy atom. The van der Waals surface area contributed by atoms with Crippen LogP contribution in [-0.4, -0.2) is 22.4 Å². The fraction of sp³-hybridized carbons (Fsp3) is 0.231. The lowest BCUT2D eigenvalue weighted by atomic mass is 10.0. The van der Waals surface area contributed by atoms with Gasteiger partial charge in [0.2, 0.25) is 4.96 Å². The van der Waals surface area contributed by atoms with Gasteiger partial charge in [-0.2, -0.15) is 5.10 Å². The van der Waals surface area contributed by atoms with Gasteiger partial charge in [-0.3, -0.25) is 0 Å². The summed E-state index contributed by atoms with van der Waals surface area (Å²) in [5.41, 5.74) is 3.49. The predicted octanol–water partition coefficient (Wildman–Crippen LogP) is 1.84. The van der Waals surface area contributed by atoms with E-state index in [-0.39, 0.29) is 0 Å². The third-order valence-corrected chi connectivity index (χ3v) is 3.86. The molecule has 2 heterocycles. The Hall–Kier alpha value is -1.62. The summed E-state index contributed by atoms with van der Waals surface area (Å²) in [5.74, 6) is 0.564.